The molecular weight excluding hydrogens is 244 g/mol. The van der Waals surface area contributed by atoms with Gasteiger partial charge in [0.15, 0.2) is 0 Å². The Morgan fingerprint density at radius 2 is 2.22 bits per heavy atom. The van der Waals surface area contributed by atoms with Crippen molar-refractivity contribution in [3.05, 3.63) is 29.3 Å². The molecule has 0 fully saturated rings. The number of ether oxygens (including phenoxy) is 1. The summed E-state index contributed by atoms with van der Waals surface area (Å²) in [5.41, 5.74) is 2.08. The van der Waals surface area contributed by atoms with Crippen LogP contribution in [0.25, 0.3) is 0 Å². The van der Waals surface area contributed by atoms with Gasteiger partial charge in [0.05, 0.1) is 12.7 Å². The SMILES string of the molecule is CCC(C)SCc1ccc(OC)c(C#CCO)c1. The first-order chi connectivity index (χ1) is 8.71. The lowest BCUT2D eigenvalue weighted by atomic mass is 10.1. The summed E-state index contributed by atoms with van der Waals surface area (Å²) in [7, 11) is 1.63. The number of aliphatic hydroxyl groups is 1. The van der Waals surface area contributed by atoms with Crippen LogP contribution < -0.4 is 4.74 Å². The maximum atomic E-state index is 8.75. The van der Waals surface area contributed by atoms with Crippen LogP contribution in [0.1, 0.15) is 31.4 Å². The number of aliphatic hydroxyl groups excluding tert-OH is 1. The molecule has 2 nitrogen and oxygen atoms in total. The van der Waals surface area contributed by atoms with Gasteiger partial charge in [0.2, 0.25) is 0 Å². The molecule has 1 N–H and O–H groups in total. The number of thioether (sulfide) groups is 1. The van der Waals surface area contributed by atoms with E-state index in [0.717, 1.165) is 17.1 Å². The van der Waals surface area contributed by atoms with Crippen molar-refractivity contribution in [1.29, 1.82) is 0 Å². The molecule has 0 spiro atoms. The summed E-state index contributed by atoms with van der Waals surface area (Å²) in [4.78, 5) is 0. The lowest BCUT2D eigenvalue weighted by molar-refractivity contribution is 0.350. The quantitative estimate of drug-likeness (QED) is 0.829. The lowest BCUT2D eigenvalue weighted by Crippen LogP contribution is -1.95. The third-order valence-corrected chi connectivity index (χ3v) is 4.08. The monoisotopic (exact) mass is 264 g/mol. The molecule has 1 aromatic carbocycles. The Morgan fingerprint density at radius 1 is 1.44 bits per heavy atom. The Balaban J connectivity index is 2.82. The van der Waals surface area contributed by atoms with Crippen LogP contribution in [-0.2, 0) is 5.75 Å². The molecule has 3 heteroatoms. The van der Waals surface area contributed by atoms with Crippen LogP contribution in [0.2, 0.25) is 0 Å². The average Bonchev–Trinajstić information content (AvgIpc) is 2.42. The second-order valence-corrected chi connectivity index (χ2v) is 5.45. The Kier molecular flexibility index (Phi) is 6.70. The van der Waals surface area contributed by atoms with E-state index < -0.39 is 0 Å². The van der Waals surface area contributed by atoms with Crippen LogP contribution >= 0.6 is 11.8 Å². The summed E-state index contributed by atoms with van der Waals surface area (Å²) in [5, 5.41) is 9.42. The van der Waals surface area contributed by atoms with Gasteiger partial charge in [-0.3, -0.25) is 0 Å². The fourth-order valence-corrected chi connectivity index (χ4v) is 2.33. The lowest BCUT2D eigenvalue weighted by Gasteiger charge is -2.10. The van der Waals surface area contributed by atoms with Gasteiger partial charge in [0, 0.05) is 11.0 Å². The maximum Gasteiger partial charge on any atom is 0.134 e. The summed E-state index contributed by atoms with van der Waals surface area (Å²) in [6, 6.07) is 6.04. The van der Waals surface area contributed by atoms with Crippen molar-refractivity contribution in [3.63, 3.8) is 0 Å². The second kappa shape index (κ2) is 8.07. The predicted molar refractivity (Wildman–Crippen MR) is 78.0 cm³/mol. The summed E-state index contributed by atoms with van der Waals surface area (Å²) in [6.07, 6.45) is 1.18. The molecule has 0 heterocycles. The highest BCUT2D eigenvalue weighted by molar-refractivity contribution is 7.99. The molecule has 0 aliphatic heterocycles. The van der Waals surface area contributed by atoms with Gasteiger partial charge in [-0.15, -0.1) is 0 Å². The van der Waals surface area contributed by atoms with E-state index in [1.54, 1.807) is 7.11 Å². The first-order valence-electron chi connectivity index (χ1n) is 6.09. The van der Waals surface area contributed by atoms with Gasteiger partial charge in [0.1, 0.15) is 12.4 Å². The third kappa shape index (κ3) is 4.64. The number of rotatable bonds is 5. The fourth-order valence-electron chi connectivity index (χ4n) is 1.43. The highest BCUT2D eigenvalue weighted by Crippen LogP contribution is 2.24. The molecular formula is C15H20O2S. The molecule has 0 saturated carbocycles. The minimum atomic E-state index is -0.130. The van der Waals surface area contributed by atoms with Crippen LogP contribution in [0.4, 0.5) is 0 Å². The van der Waals surface area contributed by atoms with Gasteiger partial charge in [-0.1, -0.05) is 31.8 Å². The van der Waals surface area contributed by atoms with Crippen LogP contribution in [0.5, 0.6) is 5.75 Å². The smallest absolute Gasteiger partial charge is 0.134 e. The summed E-state index contributed by atoms with van der Waals surface area (Å²) in [5.74, 6) is 7.32. The molecule has 98 valence electrons. The van der Waals surface area contributed by atoms with Crippen LogP contribution in [-0.4, -0.2) is 24.1 Å². The molecule has 1 aromatic rings. The minimum Gasteiger partial charge on any atom is -0.495 e. The molecule has 0 amide bonds. The van der Waals surface area contributed by atoms with Gasteiger partial charge >= 0.3 is 0 Å². The van der Waals surface area contributed by atoms with Gasteiger partial charge in [-0.05, 0) is 24.1 Å². The van der Waals surface area contributed by atoms with E-state index in [9.17, 15) is 0 Å². The molecule has 18 heavy (non-hydrogen) atoms. The highest BCUT2D eigenvalue weighted by atomic mass is 32.2. The Hall–Kier alpha value is -1.11. The second-order valence-electron chi connectivity index (χ2n) is 4.02. The molecule has 0 aromatic heterocycles. The van der Waals surface area contributed by atoms with E-state index in [2.05, 4.69) is 31.8 Å². The van der Waals surface area contributed by atoms with Crippen molar-refractivity contribution < 1.29 is 9.84 Å². The Morgan fingerprint density at radius 3 is 2.83 bits per heavy atom. The molecule has 0 bridgehead atoms. The van der Waals surface area contributed by atoms with E-state index in [-0.39, 0.29) is 6.61 Å². The normalized spacial score (nSPS) is 11.6. The topological polar surface area (TPSA) is 29.5 Å². The predicted octanol–water partition coefficient (Wildman–Crippen LogP) is 3.07. The molecule has 1 rings (SSSR count). The van der Waals surface area contributed by atoms with Crippen molar-refractivity contribution in [2.45, 2.75) is 31.3 Å². The highest BCUT2D eigenvalue weighted by Gasteiger charge is 2.04. The van der Waals surface area contributed by atoms with Gasteiger partial charge in [-0.2, -0.15) is 11.8 Å². The van der Waals surface area contributed by atoms with E-state index in [0.29, 0.717) is 5.25 Å². The summed E-state index contributed by atoms with van der Waals surface area (Å²) in [6.45, 7) is 4.31. The van der Waals surface area contributed by atoms with Crippen molar-refractivity contribution in [3.8, 4) is 17.6 Å². The standard InChI is InChI=1S/C15H20O2S/c1-4-12(2)18-11-13-7-8-15(17-3)14(10-13)6-5-9-16/h7-8,10,12,16H,4,9,11H2,1-3H3. The zero-order chi connectivity index (χ0) is 13.4. The zero-order valence-electron chi connectivity index (χ0n) is 11.2. The maximum absolute atomic E-state index is 8.75. The summed E-state index contributed by atoms with van der Waals surface area (Å²) >= 11 is 1.94. The van der Waals surface area contributed by atoms with Gasteiger partial charge in [-0.25, -0.2) is 0 Å². The van der Waals surface area contributed by atoms with Crippen LogP contribution in [0, 0.1) is 11.8 Å². The number of methoxy groups -OCH3 is 1. The Labute approximate surface area is 114 Å². The van der Waals surface area contributed by atoms with Crippen molar-refractivity contribution in [1.82, 2.24) is 0 Å². The first kappa shape index (κ1) is 14.9. The molecule has 0 aliphatic rings. The molecule has 0 saturated heterocycles. The average molecular weight is 264 g/mol. The number of benzene rings is 1. The van der Waals surface area contributed by atoms with E-state index in [4.69, 9.17) is 9.84 Å². The third-order valence-electron chi connectivity index (χ3n) is 2.68. The van der Waals surface area contributed by atoms with Gasteiger partial charge in [0.25, 0.3) is 0 Å². The first-order valence-corrected chi connectivity index (χ1v) is 7.14. The van der Waals surface area contributed by atoms with E-state index >= 15 is 0 Å². The molecule has 1 atom stereocenters. The zero-order valence-corrected chi connectivity index (χ0v) is 12.0. The van der Waals surface area contributed by atoms with Gasteiger partial charge < -0.3 is 9.84 Å². The largest absolute Gasteiger partial charge is 0.495 e. The van der Waals surface area contributed by atoms with E-state index in [1.165, 1.54) is 12.0 Å². The summed E-state index contributed by atoms with van der Waals surface area (Å²) < 4.78 is 5.25. The van der Waals surface area contributed by atoms with Crippen molar-refractivity contribution in [2.75, 3.05) is 13.7 Å². The minimum absolute atomic E-state index is 0.130. The number of hydrogen-bond acceptors (Lipinski definition) is 3. The fraction of sp³-hybridized carbons (Fsp3) is 0.467. The molecule has 0 radical (unpaired) electrons. The molecule has 1 unspecified atom stereocenters. The Bertz CT molecular complexity index is 432. The number of hydrogen-bond donors (Lipinski definition) is 1. The van der Waals surface area contributed by atoms with Crippen molar-refractivity contribution in [2.24, 2.45) is 0 Å². The molecule has 0 aliphatic carbocycles. The van der Waals surface area contributed by atoms with Crippen LogP contribution in [0.15, 0.2) is 18.2 Å². The van der Waals surface area contributed by atoms with Crippen molar-refractivity contribution >= 4 is 11.8 Å². The van der Waals surface area contributed by atoms with Crippen LogP contribution in [0.3, 0.4) is 0 Å². The van der Waals surface area contributed by atoms with E-state index in [1.807, 2.05) is 23.9 Å².